The van der Waals surface area contributed by atoms with Crippen molar-refractivity contribution in [2.45, 2.75) is 26.3 Å². The van der Waals surface area contributed by atoms with E-state index in [4.69, 9.17) is 0 Å². The van der Waals surface area contributed by atoms with E-state index < -0.39 is 0 Å². The summed E-state index contributed by atoms with van der Waals surface area (Å²) >= 11 is 1.91. The van der Waals surface area contributed by atoms with E-state index in [2.05, 4.69) is 47.1 Å². The Balaban J connectivity index is 1.86. The summed E-state index contributed by atoms with van der Waals surface area (Å²) in [5, 5.41) is 1.24. The second-order valence-electron chi connectivity index (χ2n) is 4.27. The average Bonchev–Trinajstić information content (AvgIpc) is 2.79. The standard InChI is InChI=1S/C14H20N2S/c1-2-3-11-17-14-15-9-10-16(14)12-13-7-5-4-6-8-13/h4-8H,2-3,9-12H2,1H3. The van der Waals surface area contributed by atoms with Crippen molar-refractivity contribution < 1.29 is 0 Å². The Hall–Kier alpha value is -0.960. The lowest BCUT2D eigenvalue weighted by Gasteiger charge is -2.19. The Morgan fingerprint density at radius 2 is 2.12 bits per heavy atom. The van der Waals surface area contributed by atoms with Crippen molar-refractivity contribution in [3.63, 3.8) is 0 Å². The van der Waals surface area contributed by atoms with Crippen molar-refractivity contribution in [1.29, 1.82) is 0 Å². The van der Waals surface area contributed by atoms with Gasteiger partial charge in [-0.15, -0.1) is 0 Å². The van der Waals surface area contributed by atoms with Crippen LogP contribution in [0.1, 0.15) is 25.3 Å². The lowest BCUT2D eigenvalue weighted by atomic mass is 10.2. The van der Waals surface area contributed by atoms with Gasteiger partial charge in [0.15, 0.2) is 5.17 Å². The predicted molar refractivity (Wildman–Crippen MR) is 76.5 cm³/mol. The minimum atomic E-state index is 0.960. The summed E-state index contributed by atoms with van der Waals surface area (Å²) < 4.78 is 0. The Bertz CT molecular complexity index is 362. The fourth-order valence-corrected chi connectivity index (χ4v) is 2.99. The number of aliphatic imine (C=N–C) groups is 1. The summed E-state index contributed by atoms with van der Waals surface area (Å²) in [6.07, 6.45) is 2.54. The zero-order chi connectivity index (χ0) is 11.9. The molecule has 0 N–H and O–H groups in total. The number of unbranched alkanes of at least 4 members (excludes halogenated alkanes) is 1. The van der Waals surface area contributed by atoms with Gasteiger partial charge in [-0.3, -0.25) is 4.99 Å². The van der Waals surface area contributed by atoms with E-state index in [1.54, 1.807) is 0 Å². The Morgan fingerprint density at radius 1 is 1.29 bits per heavy atom. The molecule has 1 heterocycles. The van der Waals surface area contributed by atoms with Gasteiger partial charge in [-0.2, -0.15) is 0 Å². The highest BCUT2D eigenvalue weighted by Crippen LogP contribution is 2.18. The molecule has 1 aromatic carbocycles. The number of nitrogens with zero attached hydrogens (tertiary/aromatic N) is 2. The van der Waals surface area contributed by atoms with Crippen molar-refractivity contribution in [3.05, 3.63) is 35.9 Å². The van der Waals surface area contributed by atoms with E-state index in [0.29, 0.717) is 0 Å². The van der Waals surface area contributed by atoms with Crippen LogP contribution in [0.15, 0.2) is 35.3 Å². The molecular weight excluding hydrogens is 228 g/mol. The smallest absolute Gasteiger partial charge is 0.159 e. The second-order valence-corrected chi connectivity index (χ2v) is 5.34. The molecule has 1 aliphatic heterocycles. The molecule has 1 aliphatic rings. The third-order valence-electron chi connectivity index (χ3n) is 2.83. The quantitative estimate of drug-likeness (QED) is 0.742. The summed E-state index contributed by atoms with van der Waals surface area (Å²) in [5.41, 5.74) is 1.37. The molecule has 0 bridgehead atoms. The Labute approximate surface area is 108 Å². The molecule has 2 nitrogen and oxygen atoms in total. The van der Waals surface area contributed by atoms with Crippen LogP contribution >= 0.6 is 11.8 Å². The number of hydrogen-bond acceptors (Lipinski definition) is 3. The molecule has 0 unspecified atom stereocenters. The highest BCUT2D eigenvalue weighted by atomic mass is 32.2. The number of amidine groups is 1. The van der Waals surface area contributed by atoms with Gasteiger partial charge < -0.3 is 4.90 Å². The van der Waals surface area contributed by atoms with Crippen LogP contribution in [0.25, 0.3) is 0 Å². The molecule has 17 heavy (non-hydrogen) atoms. The van der Waals surface area contributed by atoms with Crippen molar-refractivity contribution in [3.8, 4) is 0 Å². The van der Waals surface area contributed by atoms with Crippen LogP contribution in [0.4, 0.5) is 0 Å². The van der Waals surface area contributed by atoms with Crippen LogP contribution in [0, 0.1) is 0 Å². The van der Waals surface area contributed by atoms with Crippen LogP contribution in [-0.4, -0.2) is 28.9 Å². The molecule has 1 aromatic rings. The first kappa shape index (κ1) is 12.5. The van der Waals surface area contributed by atoms with Crippen LogP contribution < -0.4 is 0 Å². The lowest BCUT2D eigenvalue weighted by Crippen LogP contribution is -2.25. The third-order valence-corrected chi connectivity index (χ3v) is 3.97. The largest absolute Gasteiger partial charge is 0.345 e. The molecule has 0 fully saturated rings. The number of thioether (sulfide) groups is 1. The summed E-state index contributed by atoms with van der Waals surface area (Å²) in [5.74, 6) is 1.20. The third kappa shape index (κ3) is 3.77. The normalized spacial score (nSPS) is 15.1. The molecule has 3 heteroatoms. The van der Waals surface area contributed by atoms with Gasteiger partial charge in [0, 0.05) is 18.8 Å². The van der Waals surface area contributed by atoms with E-state index in [9.17, 15) is 0 Å². The van der Waals surface area contributed by atoms with Crippen LogP contribution in [0.5, 0.6) is 0 Å². The Kier molecular flexibility index (Phi) is 4.92. The molecule has 0 atom stereocenters. The van der Waals surface area contributed by atoms with E-state index in [-0.39, 0.29) is 0 Å². The SMILES string of the molecule is CCCCSC1=NCCN1Cc1ccccc1. The maximum atomic E-state index is 4.59. The summed E-state index contributed by atoms with van der Waals surface area (Å²) in [6, 6.07) is 10.6. The average molecular weight is 248 g/mol. The van der Waals surface area contributed by atoms with Gasteiger partial charge in [0.2, 0.25) is 0 Å². The first-order chi connectivity index (χ1) is 8.40. The first-order valence-electron chi connectivity index (χ1n) is 6.36. The molecule has 0 spiro atoms. The van der Waals surface area contributed by atoms with Crippen molar-refractivity contribution in [2.75, 3.05) is 18.8 Å². The number of hydrogen-bond donors (Lipinski definition) is 0. The molecule has 0 amide bonds. The van der Waals surface area contributed by atoms with Gasteiger partial charge in [-0.1, -0.05) is 55.4 Å². The Morgan fingerprint density at radius 3 is 2.88 bits per heavy atom. The molecule has 92 valence electrons. The zero-order valence-electron chi connectivity index (χ0n) is 10.4. The molecule has 0 radical (unpaired) electrons. The van der Waals surface area contributed by atoms with Crippen LogP contribution in [0.3, 0.4) is 0 Å². The molecule has 2 rings (SSSR count). The monoisotopic (exact) mass is 248 g/mol. The van der Waals surface area contributed by atoms with Crippen molar-refractivity contribution in [1.82, 2.24) is 4.90 Å². The first-order valence-corrected chi connectivity index (χ1v) is 7.35. The van der Waals surface area contributed by atoms with Gasteiger partial charge >= 0.3 is 0 Å². The zero-order valence-corrected chi connectivity index (χ0v) is 11.2. The van der Waals surface area contributed by atoms with Crippen LogP contribution in [0.2, 0.25) is 0 Å². The molecular formula is C14H20N2S. The minimum absolute atomic E-state index is 0.960. The van der Waals surface area contributed by atoms with Crippen molar-refractivity contribution >= 4 is 16.9 Å². The van der Waals surface area contributed by atoms with Crippen LogP contribution in [-0.2, 0) is 6.54 Å². The molecule has 0 saturated carbocycles. The maximum Gasteiger partial charge on any atom is 0.159 e. The van der Waals surface area contributed by atoms with Gasteiger partial charge in [-0.25, -0.2) is 0 Å². The second kappa shape index (κ2) is 6.70. The summed E-state index contributed by atoms with van der Waals surface area (Å²) in [4.78, 5) is 6.99. The molecule has 0 aliphatic carbocycles. The van der Waals surface area contributed by atoms with Gasteiger partial charge in [-0.05, 0) is 12.0 Å². The summed E-state index contributed by atoms with van der Waals surface area (Å²) in [7, 11) is 0. The topological polar surface area (TPSA) is 15.6 Å². The van der Waals surface area contributed by atoms with Gasteiger partial charge in [0.1, 0.15) is 0 Å². The fourth-order valence-electron chi connectivity index (χ4n) is 1.86. The lowest BCUT2D eigenvalue weighted by molar-refractivity contribution is 0.459. The van der Waals surface area contributed by atoms with Gasteiger partial charge in [0.25, 0.3) is 0 Å². The highest BCUT2D eigenvalue weighted by molar-refractivity contribution is 8.13. The van der Waals surface area contributed by atoms with Gasteiger partial charge in [0.05, 0.1) is 6.54 Å². The molecule has 0 saturated heterocycles. The van der Waals surface area contributed by atoms with Crippen molar-refractivity contribution in [2.24, 2.45) is 4.99 Å². The van der Waals surface area contributed by atoms with E-state index in [1.807, 2.05) is 11.8 Å². The predicted octanol–water partition coefficient (Wildman–Crippen LogP) is 3.39. The van der Waals surface area contributed by atoms with E-state index in [0.717, 1.165) is 19.6 Å². The highest BCUT2D eigenvalue weighted by Gasteiger charge is 2.16. The number of rotatable bonds is 5. The van der Waals surface area contributed by atoms with E-state index in [1.165, 1.54) is 29.3 Å². The minimum Gasteiger partial charge on any atom is -0.345 e. The fraction of sp³-hybridized carbons (Fsp3) is 0.500. The van der Waals surface area contributed by atoms with E-state index >= 15 is 0 Å². The molecule has 0 aromatic heterocycles. The summed E-state index contributed by atoms with van der Waals surface area (Å²) in [6.45, 7) is 5.27. The number of benzene rings is 1. The maximum absolute atomic E-state index is 4.59.